The highest BCUT2D eigenvalue weighted by atomic mass is 32.1. The molecule has 1 amide bonds. The first-order valence-electron chi connectivity index (χ1n) is 6.91. The summed E-state index contributed by atoms with van der Waals surface area (Å²) in [6.45, 7) is 4.21. The Balaban J connectivity index is 1.92. The Morgan fingerprint density at radius 1 is 1.33 bits per heavy atom. The van der Waals surface area contributed by atoms with Crippen molar-refractivity contribution in [3.63, 3.8) is 0 Å². The van der Waals surface area contributed by atoms with E-state index in [0.29, 0.717) is 6.42 Å². The average Bonchev–Trinajstić information content (AvgIpc) is 3.04. The number of fused-ring (bicyclic) bond motifs is 2. The zero-order chi connectivity index (χ0) is 14.6. The summed E-state index contributed by atoms with van der Waals surface area (Å²) in [6.07, 6.45) is 0.511. The third-order valence-corrected chi connectivity index (χ3v) is 4.86. The van der Waals surface area contributed by atoms with Crippen molar-refractivity contribution in [3.05, 3.63) is 35.2 Å². The fourth-order valence-electron chi connectivity index (χ4n) is 2.94. The van der Waals surface area contributed by atoms with Gasteiger partial charge in [-0.05, 0) is 29.1 Å². The molecule has 0 spiro atoms. The fourth-order valence-corrected chi connectivity index (χ4v) is 3.61. The van der Waals surface area contributed by atoms with Gasteiger partial charge in [0.05, 0.1) is 15.9 Å². The number of nitrogens with one attached hydrogen (secondary N) is 2. The molecule has 0 saturated carbocycles. The van der Waals surface area contributed by atoms with Gasteiger partial charge < -0.3 is 10.3 Å². The lowest BCUT2D eigenvalue weighted by Crippen LogP contribution is -2.32. The minimum atomic E-state index is -0.153. The number of hydrogen-bond donors (Lipinski definition) is 2. The normalized spacial score (nSPS) is 16.8. The maximum absolute atomic E-state index is 11.8. The molecule has 5 heteroatoms. The van der Waals surface area contributed by atoms with Gasteiger partial charge in [0.15, 0.2) is 0 Å². The van der Waals surface area contributed by atoms with Gasteiger partial charge in [-0.1, -0.05) is 19.9 Å². The summed E-state index contributed by atoms with van der Waals surface area (Å²) in [4.78, 5) is 21.0. The molecule has 0 radical (unpaired) electrons. The number of carbonyl (C=O) groups excluding carboxylic acids is 1. The number of thiophene rings is 1. The van der Waals surface area contributed by atoms with Crippen molar-refractivity contribution < 1.29 is 4.79 Å². The van der Waals surface area contributed by atoms with Crippen LogP contribution in [0.2, 0.25) is 0 Å². The topological polar surface area (TPSA) is 57.8 Å². The van der Waals surface area contributed by atoms with Crippen molar-refractivity contribution in [1.29, 1.82) is 0 Å². The lowest BCUT2D eigenvalue weighted by Gasteiger charge is -2.31. The molecule has 0 atom stereocenters. The summed E-state index contributed by atoms with van der Waals surface area (Å²) in [6, 6.07) is 8.15. The summed E-state index contributed by atoms with van der Waals surface area (Å²) in [5.41, 5.74) is 3.79. The molecule has 0 unspecified atom stereocenters. The predicted octanol–water partition coefficient (Wildman–Crippen LogP) is 3.91. The third kappa shape index (κ3) is 1.96. The molecule has 0 bridgehead atoms. The minimum absolute atomic E-state index is 0.0702. The number of H-pyrrole nitrogens is 1. The van der Waals surface area contributed by atoms with Crippen LogP contribution < -0.4 is 5.32 Å². The molecular weight excluding hydrogens is 282 g/mol. The molecule has 2 aromatic heterocycles. The molecule has 4 nitrogen and oxygen atoms in total. The van der Waals surface area contributed by atoms with Crippen molar-refractivity contribution in [3.8, 4) is 10.7 Å². The fraction of sp³-hybridized carbons (Fsp3) is 0.250. The first kappa shape index (κ1) is 12.6. The van der Waals surface area contributed by atoms with E-state index in [1.54, 1.807) is 11.3 Å². The summed E-state index contributed by atoms with van der Waals surface area (Å²) in [5, 5.41) is 5.00. The molecule has 0 saturated heterocycles. The molecule has 2 N–H and O–H groups in total. The van der Waals surface area contributed by atoms with Gasteiger partial charge in [-0.2, -0.15) is 0 Å². The number of aromatic nitrogens is 2. The van der Waals surface area contributed by atoms with Gasteiger partial charge in [-0.15, -0.1) is 11.3 Å². The largest absolute Gasteiger partial charge is 0.337 e. The van der Waals surface area contributed by atoms with Gasteiger partial charge in [0.25, 0.3) is 0 Å². The molecular formula is C16H15N3OS. The second-order valence-corrected chi connectivity index (χ2v) is 7.03. The molecule has 1 aliphatic rings. The van der Waals surface area contributed by atoms with E-state index in [9.17, 15) is 4.79 Å². The van der Waals surface area contributed by atoms with E-state index < -0.39 is 0 Å². The highest BCUT2D eigenvalue weighted by Crippen LogP contribution is 2.39. The summed E-state index contributed by atoms with van der Waals surface area (Å²) in [5.74, 6) is 0.951. The van der Waals surface area contributed by atoms with Crippen LogP contribution in [-0.4, -0.2) is 15.9 Å². The van der Waals surface area contributed by atoms with Crippen LogP contribution in [0.25, 0.3) is 21.7 Å². The van der Waals surface area contributed by atoms with Crippen LogP contribution in [0.5, 0.6) is 0 Å². The zero-order valence-corrected chi connectivity index (χ0v) is 12.7. The van der Waals surface area contributed by atoms with Crippen molar-refractivity contribution in [2.45, 2.75) is 25.7 Å². The summed E-state index contributed by atoms with van der Waals surface area (Å²) < 4.78 is 0. The van der Waals surface area contributed by atoms with E-state index in [1.807, 2.05) is 23.6 Å². The van der Waals surface area contributed by atoms with Gasteiger partial charge in [-0.3, -0.25) is 4.79 Å². The lowest BCUT2D eigenvalue weighted by atomic mass is 9.78. The highest BCUT2D eigenvalue weighted by molar-refractivity contribution is 7.13. The van der Waals surface area contributed by atoms with E-state index in [-0.39, 0.29) is 11.3 Å². The van der Waals surface area contributed by atoms with Crippen LogP contribution in [-0.2, 0) is 10.2 Å². The van der Waals surface area contributed by atoms with Crippen molar-refractivity contribution in [2.75, 3.05) is 5.32 Å². The number of hydrogen-bond acceptors (Lipinski definition) is 3. The Kier molecular flexibility index (Phi) is 2.50. The van der Waals surface area contributed by atoms with E-state index >= 15 is 0 Å². The molecule has 1 aromatic carbocycles. The third-order valence-electron chi connectivity index (χ3n) is 3.98. The Morgan fingerprint density at radius 2 is 2.19 bits per heavy atom. The van der Waals surface area contributed by atoms with Crippen molar-refractivity contribution in [1.82, 2.24) is 9.97 Å². The maximum atomic E-state index is 11.8. The molecule has 0 aliphatic carbocycles. The van der Waals surface area contributed by atoms with Crippen LogP contribution in [0.3, 0.4) is 0 Å². The highest BCUT2D eigenvalue weighted by Gasteiger charge is 2.32. The molecule has 0 fully saturated rings. The van der Waals surface area contributed by atoms with Gasteiger partial charge in [-0.25, -0.2) is 4.98 Å². The molecule has 106 valence electrons. The first-order chi connectivity index (χ1) is 10.0. The number of amides is 1. The van der Waals surface area contributed by atoms with Gasteiger partial charge >= 0.3 is 0 Å². The number of benzene rings is 1. The van der Waals surface area contributed by atoms with Gasteiger partial charge in [0, 0.05) is 17.5 Å². The maximum Gasteiger partial charge on any atom is 0.225 e. The number of anilines is 1. The van der Waals surface area contributed by atoms with E-state index in [2.05, 4.69) is 35.2 Å². The molecule has 21 heavy (non-hydrogen) atoms. The lowest BCUT2D eigenvalue weighted by molar-refractivity contribution is -0.117. The Bertz CT molecular complexity index is 846. The Morgan fingerprint density at radius 3 is 2.95 bits per heavy atom. The minimum Gasteiger partial charge on any atom is -0.337 e. The number of carbonyl (C=O) groups is 1. The molecule has 4 rings (SSSR count). The van der Waals surface area contributed by atoms with Crippen LogP contribution in [0, 0.1) is 0 Å². The standard InChI is InChI=1S/C16H15N3OS/c1-16(2)8-14(20)17-10-7-12-11(6-9(10)16)18-15(19-12)13-4-3-5-21-13/h3-7H,8H2,1-2H3,(H,17,20)(H,18,19). The second kappa shape index (κ2) is 4.18. The quantitative estimate of drug-likeness (QED) is 0.715. The monoisotopic (exact) mass is 297 g/mol. The van der Waals surface area contributed by atoms with E-state index in [1.165, 1.54) is 0 Å². The SMILES string of the molecule is CC1(C)CC(=O)Nc2cc3nc(-c4cccs4)[nH]c3cc21. The summed E-state index contributed by atoms with van der Waals surface area (Å²) >= 11 is 1.66. The number of nitrogens with zero attached hydrogens (tertiary/aromatic N) is 1. The summed E-state index contributed by atoms with van der Waals surface area (Å²) in [7, 11) is 0. The first-order valence-corrected chi connectivity index (χ1v) is 7.79. The van der Waals surface area contributed by atoms with Crippen LogP contribution in [0.15, 0.2) is 29.6 Å². The predicted molar refractivity (Wildman–Crippen MR) is 85.7 cm³/mol. The molecule has 3 heterocycles. The van der Waals surface area contributed by atoms with Crippen LogP contribution in [0.1, 0.15) is 25.8 Å². The average molecular weight is 297 g/mol. The van der Waals surface area contributed by atoms with Crippen LogP contribution in [0.4, 0.5) is 5.69 Å². The molecule has 1 aliphatic heterocycles. The van der Waals surface area contributed by atoms with Crippen molar-refractivity contribution in [2.24, 2.45) is 0 Å². The number of rotatable bonds is 1. The number of imidazole rings is 1. The number of aromatic amines is 1. The Hall–Kier alpha value is -2.14. The van der Waals surface area contributed by atoms with Gasteiger partial charge in [0.2, 0.25) is 5.91 Å². The van der Waals surface area contributed by atoms with E-state index in [0.717, 1.165) is 33.0 Å². The smallest absolute Gasteiger partial charge is 0.225 e. The van der Waals surface area contributed by atoms with Gasteiger partial charge in [0.1, 0.15) is 5.82 Å². The van der Waals surface area contributed by atoms with Crippen molar-refractivity contribution >= 4 is 34.0 Å². The van der Waals surface area contributed by atoms with Crippen LogP contribution >= 0.6 is 11.3 Å². The van der Waals surface area contributed by atoms with E-state index in [4.69, 9.17) is 0 Å². The second-order valence-electron chi connectivity index (χ2n) is 6.09. The zero-order valence-electron chi connectivity index (χ0n) is 11.9. The molecule has 3 aromatic rings. The Labute approximate surface area is 126 Å².